The van der Waals surface area contributed by atoms with Gasteiger partial charge >= 0.3 is 5.97 Å². The number of anilines is 1. The van der Waals surface area contributed by atoms with Gasteiger partial charge in [0, 0.05) is 42.4 Å². The van der Waals surface area contributed by atoms with Crippen LogP contribution < -0.4 is 13.8 Å². The molecule has 5 rings (SSSR count). The Morgan fingerprint density at radius 3 is 2.31 bits per heavy atom. The number of hydrogen-bond donors (Lipinski definition) is 2. The molecule has 1 aliphatic heterocycles. The average molecular weight is 799 g/mol. The number of para-hydroxylation sites is 1. The van der Waals surface area contributed by atoms with Crippen LogP contribution in [0.2, 0.25) is 0 Å². The molecule has 55 heavy (non-hydrogen) atoms. The molecule has 0 saturated carbocycles. The highest BCUT2D eigenvalue weighted by molar-refractivity contribution is 8.24. The van der Waals surface area contributed by atoms with Gasteiger partial charge in [0.1, 0.15) is 23.4 Å². The van der Waals surface area contributed by atoms with E-state index >= 15 is 4.39 Å². The van der Waals surface area contributed by atoms with Crippen molar-refractivity contribution in [1.82, 2.24) is 0 Å². The molecule has 0 aliphatic carbocycles. The first-order valence-electron chi connectivity index (χ1n) is 18.0. The normalized spacial score (nSPS) is 15.0. The summed E-state index contributed by atoms with van der Waals surface area (Å²) >= 11 is 0. The van der Waals surface area contributed by atoms with Gasteiger partial charge in [-0.15, -0.1) is 0 Å². The van der Waals surface area contributed by atoms with Crippen LogP contribution in [0.3, 0.4) is 0 Å². The fourth-order valence-electron chi connectivity index (χ4n) is 6.63. The molecular weight excluding hydrogens is 752 g/mol. The minimum atomic E-state index is -4.67. The molecule has 1 saturated heterocycles. The highest BCUT2D eigenvalue weighted by atomic mass is 32.3. The number of rotatable bonds is 15. The van der Waals surface area contributed by atoms with Gasteiger partial charge in [-0.3, -0.25) is 28.3 Å². The maximum Gasteiger partial charge on any atom is 0.306 e. The monoisotopic (exact) mass is 798 g/mol. The van der Waals surface area contributed by atoms with Gasteiger partial charge < -0.3 is 14.2 Å². The molecule has 0 aromatic heterocycles. The van der Waals surface area contributed by atoms with Crippen LogP contribution in [0.5, 0.6) is 11.5 Å². The van der Waals surface area contributed by atoms with E-state index in [0.29, 0.717) is 47.0 Å². The number of benzene rings is 4. The maximum absolute atomic E-state index is 15.6. The lowest BCUT2D eigenvalue weighted by Gasteiger charge is -2.39. The standard InChI is InChI=1S/C40H47FN2O10S2/c1-6-51-39(44)16-13-30-12-14-31(24-35(30)41)42(55(49,50)38-10-8-7-9-36(38)43(45)46)25-29-11-15-37(52-26(2)3)34(23-29)40-27(4)21-33(22-28(40)5)53-32-17-19-54(47,48)20-18-32/h7-12,14-15,21-24,26,32,47-48H,6,13,16-20,25H2,1-5H3. The first-order chi connectivity index (χ1) is 26.0. The van der Waals surface area contributed by atoms with Crippen LogP contribution in [-0.4, -0.2) is 58.7 Å². The van der Waals surface area contributed by atoms with Crippen molar-refractivity contribution in [3.63, 3.8) is 0 Å². The van der Waals surface area contributed by atoms with Crippen molar-refractivity contribution >= 4 is 38.0 Å². The summed E-state index contributed by atoms with van der Waals surface area (Å²) in [4.78, 5) is 22.6. The topological polar surface area (TPSA) is 166 Å². The van der Waals surface area contributed by atoms with Gasteiger partial charge in [-0.25, -0.2) is 12.8 Å². The molecular formula is C40H47FN2O10S2. The number of hydrogen-bond acceptors (Lipinski definition) is 10. The van der Waals surface area contributed by atoms with Gasteiger partial charge in [0.2, 0.25) is 0 Å². The fourth-order valence-corrected chi connectivity index (χ4v) is 9.72. The molecule has 4 aromatic rings. The van der Waals surface area contributed by atoms with Crippen molar-refractivity contribution < 1.29 is 45.8 Å². The minimum absolute atomic E-state index is 0.0265. The van der Waals surface area contributed by atoms with Crippen molar-refractivity contribution in [2.45, 2.75) is 84.0 Å². The molecule has 1 aliphatic rings. The quantitative estimate of drug-likeness (QED) is 0.0674. The summed E-state index contributed by atoms with van der Waals surface area (Å²) in [5, 5.41) is 12.0. The molecule has 0 amide bonds. The number of aryl methyl sites for hydroxylation is 3. The van der Waals surface area contributed by atoms with Crippen LogP contribution in [0.15, 0.2) is 77.7 Å². The Hall–Kier alpha value is -4.70. The summed E-state index contributed by atoms with van der Waals surface area (Å²) in [5.41, 5.74) is 3.16. The Labute approximate surface area is 322 Å². The summed E-state index contributed by atoms with van der Waals surface area (Å²) in [7, 11) is -7.22. The Balaban J connectivity index is 1.57. The maximum atomic E-state index is 15.6. The van der Waals surface area contributed by atoms with Crippen LogP contribution in [0, 0.1) is 29.8 Å². The molecule has 0 radical (unpaired) electrons. The van der Waals surface area contributed by atoms with E-state index < -0.39 is 47.9 Å². The van der Waals surface area contributed by atoms with Crippen LogP contribution in [0.1, 0.15) is 62.3 Å². The van der Waals surface area contributed by atoms with E-state index in [2.05, 4.69) is 0 Å². The molecule has 296 valence electrons. The zero-order chi connectivity index (χ0) is 40.1. The summed E-state index contributed by atoms with van der Waals surface area (Å²) in [6.45, 7) is 9.15. The molecule has 1 fully saturated rings. The van der Waals surface area contributed by atoms with E-state index in [1.807, 2.05) is 39.8 Å². The number of carbonyl (C=O) groups excluding carboxylic acids is 1. The van der Waals surface area contributed by atoms with E-state index in [4.69, 9.17) is 14.2 Å². The number of carbonyl (C=O) groups is 1. The highest BCUT2D eigenvalue weighted by Crippen LogP contribution is 2.45. The summed E-state index contributed by atoms with van der Waals surface area (Å²) < 4.78 is 82.9. The zero-order valence-corrected chi connectivity index (χ0v) is 33.1. The van der Waals surface area contributed by atoms with E-state index in [9.17, 15) is 32.4 Å². The predicted octanol–water partition coefficient (Wildman–Crippen LogP) is 8.99. The molecule has 15 heteroatoms. The summed E-state index contributed by atoms with van der Waals surface area (Å²) in [5.74, 6) is 0.535. The van der Waals surface area contributed by atoms with Crippen LogP contribution >= 0.6 is 10.6 Å². The molecule has 12 nitrogen and oxygen atoms in total. The summed E-state index contributed by atoms with van der Waals surface area (Å²) in [6.07, 6.45) is 0.658. The lowest BCUT2D eigenvalue weighted by Crippen LogP contribution is -2.31. The zero-order valence-electron chi connectivity index (χ0n) is 31.5. The largest absolute Gasteiger partial charge is 0.490 e. The number of sulfonamides is 1. The van der Waals surface area contributed by atoms with Gasteiger partial charge in [0.15, 0.2) is 4.90 Å². The minimum Gasteiger partial charge on any atom is -0.490 e. The molecule has 1 heterocycles. The van der Waals surface area contributed by atoms with Gasteiger partial charge in [0.05, 0.1) is 29.9 Å². The third kappa shape index (κ3) is 10.1. The van der Waals surface area contributed by atoms with Crippen LogP contribution in [-0.2, 0) is 32.5 Å². The van der Waals surface area contributed by atoms with Crippen LogP contribution in [0.4, 0.5) is 15.8 Å². The first kappa shape index (κ1) is 41.5. The molecule has 0 spiro atoms. The lowest BCUT2D eigenvalue weighted by molar-refractivity contribution is -0.387. The Bertz CT molecular complexity index is 2130. The molecule has 0 atom stereocenters. The number of nitrogens with zero attached hydrogens (tertiary/aromatic N) is 2. The van der Waals surface area contributed by atoms with Gasteiger partial charge in [0.25, 0.3) is 15.7 Å². The van der Waals surface area contributed by atoms with Gasteiger partial charge in [-0.2, -0.15) is 10.6 Å². The van der Waals surface area contributed by atoms with Crippen molar-refractivity contribution in [2.24, 2.45) is 0 Å². The molecule has 2 N–H and O–H groups in total. The molecule has 4 aromatic carbocycles. The first-order valence-corrected chi connectivity index (χ1v) is 21.3. The number of esters is 1. The van der Waals surface area contributed by atoms with Crippen LogP contribution in [0.25, 0.3) is 11.1 Å². The van der Waals surface area contributed by atoms with Crippen molar-refractivity contribution in [3.8, 4) is 22.6 Å². The van der Waals surface area contributed by atoms with E-state index in [-0.39, 0.29) is 49.5 Å². The average Bonchev–Trinajstić information content (AvgIpc) is 3.11. The molecule has 0 unspecified atom stereocenters. The van der Waals surface area contributed by atoms with Gasteiger partial charge in [-0.05, 0) is 111 Å². The molecule has 0 bridgehead atoms. The number of ether oxygens (including phenoxy) is 3. The highest BCUT2D eigenvalue weighted by Gasteiger charge is 2.33. The van der Waals surface area contributed by atoms with Crippen molar-refractivity contribution in [1.29, 1.82) is 0 Å². The fraction of sp³-hybridized carbons (Fsp3) is 0.375. The van der Waals surface area contributed by atoms with Gasteiger partial charge in [-0.1, -0.05) is 24.3 Å². The predicted molar refractivity (Wildman–Crippen MR) is 211 cm³/mol. The second-order valence-electron chi connectivity index (χ2n) is 13.8. The number of halogens is 1. The van der Waals surface area contributed by atoms with E-state index in [0.717, 1.165) is 39.2 Å². The summed E-state index contributed by atoms with van der Waals surface area (Å²) in [6, 6.07) is 17.9. The third-order valence-electron chi connectivity index (χ3n) is 9.20. The van der Waals surface area contributed by atoms with Crippen molar-refractivity contribution in [2.75, 3.05) is 22.4 Å². The third-order valence-corrected chi connectivity index (χ3v) is 12.8. The second-order valence-corrected chi connectivity index (χ2v) is 18.0. The Morgan fingerprint density at radius 1 is 1.02 bits per heavy atom. The lowest BCUT2D eigenvalue weighted by atomic mass is 9.93. The Kier molecular flexibility index (Phi) is 13.1. The van der Waals surface area contributed by atoms with E-state index in [1.54, 1.807) is 25.1 Å². The van der Waals surface area contributed by atoms with Crippen molar-refractivity contribution in [3.05, 3.63) is 111 Å². The Morgan fingerprint density at radius 2 is 1.69 bits per heavy atom. The number of nitro benzene ring substituents is 1. The second kappa shape index (κ2) is 17.4. The number of nitro groups is 1. The smallest absolute Gasteiger partial charge is 0.306 e. The SMILES string of the molecule is CCOC(=O)CCc1ccc(N(Cc2ccc(OC(C)C)c(-c3c(C)cc(OC4CCS(O)(O)CC4)cc3C)c2)S(=O)(=O)c2ccccc2[N+](=O)[O-])cc1F. The van der Waals surface area contributed by atoms with E-state index in [1.165, 1.54) is 24.3 Å².